The van der Waals surface area contributed by atoms with Gasteiger partial charge < -0.3 is 9.15 Å². The van der Waals surface area contributed by atoms with Crippen molar-refractivity contribution in [1.82, 2.24) is 0 Å². The summed E-state index contributed by atoms with van der Waals surface area (Å²) in [6.45, 7) is 3.51. The fourth-order valence-electron chi connectivity index (χ4n) is 3.03. The van der Waals surface area contributed by atoms with Gasteiger partial charge in [0.25, 0.3) is 0 Å². The second-order valence-corrected chi connectivity index (χ2v) is 8.71. The SMILES string of the molecule is CCOC(=O)c1sc(CC(=O)/C(C#N)=C/c2ccc(-c3ccc(Cl)c(Cl)c3)o2)c(C#N)c1C. The van der Waals surface area contributed by atoms with E-state index in [1.54, 1.807) is 44.2 Å². The zero-order valence-corrected chi connectivity index (χ0v) is 19.9. The summed E-state index contributed by atoms with van der Waals surface area (Å²) in [4.78, 5) is 25.6. The van der Waals surface area contributed by atoms with Crippen LogP contribution in [0.4, 0.5) is 0 Å². The van der Waals surface area contributed by atoms with Crippen LogP contribution in [0, 0.1) is 29.6 Å². The first-order valence-corrected chi connectivity index (χ1v) is 11.3. The fourth-order valence-corrected chi connectivity index (χ4v) is 4.47. The molecule has 0 aliphatic rings. The molecule has 0 atom stereocenters. The zero-order valence-electron chi connectivity index (χ0n) is 17.6. The van der Waals surface area contributed by atoms with Gasteiger partial charge in [0.15, 0.2) is 5.78 Å². The Bertz CT molecular complexity index is 1360. The second kappa shape index (κ2) is 10.5. The summed E-state index contributed by atoms with van der Waals surface area (Å²) >= 11 is 13.0. The maximum atomic E-state index is 12.8. The van der Waals surface area contributed by atoms with Crippen molar-refractivity contribution in [2.45, 2.75) is 20.3 Å². The van der Waals surface area contributed by atoms with E-state index >= 15 is 0 Å². The molecule has 33 heavy (non-hydrogen) atoms. The first-order valence-electron chi connectivity index (χ1n) is 9.68. The number of rotatable bonds is 7. The first kappa shape index (κ1) is 24.3. The van der Waals surface area contributed by atoms with Crippen LogP contribution in [0.3, 0.4) is 0 Å². The first-order chi connectivity index (χ1) is 15.8. The number of nitrogens with zero attached hydrogens (tertiary/aromatic N) is 2. The Labute approximate surface area is 204 Å². The molecule has 9 heteroatoms. The lowest BCUT2D eigenvalue weighted by atomic mass is 10.0. The topological polar surface area (TPSA) is 104 Å². The summed E-state index contributed by atoms with van der Waals surface area (Å²) in [6, 6.07) is 12.3. The zero-order chi connectivity index (χ0) is 24.1. The van der Waals surface area contributed by atoms with Gasteiger partial charge in [0.05, 0.1) is 27.8 Å². The highest BCUT2D eigenvalue weighted by Gasteiger charge is 2.23. The number of carbonyl (C=O) groups excluding carboxylic acids is 2. The molecular formula is C24H16Cl2N2O4S. The van der Waals surface area contributed by atoms with E-state index in [4.69, 9.17) is 32.4 Å². The normalized spacial score (nSPS) is 11.0. The Balaban J connectivity index is 1.86. The minimum Gasteiger partial charge on any atom is -0.462 e. The van der Waals surface area contributed by atoms with Gasteiger partial charge in [-0.25, -0.2) is 4.79 Å². The third-order valence-corrected chi connectivity index (χ3v) is 6.66. The third-order valence-electron chi connectivity index (χ3n) is 4.65. The number of benzene rings is 1. The lowest BCUT2D eigenvalue weighted by Crippen LogP contribution is -2.05. The molecule has 0 bridgehead atoms. The van der Waals surface area contributed by atoms with Gasteiger partial charge >= 0.3 is 5.97 Å². The van der Waals surface area contributed by atoms with Crippen LogP contribution in [0.5, 0.6) is 0 Å². The minimum absolute atomic E-state index is 0.141. The molecule has 0 radical (unpaired) electrons. The van der Waals surface area contributed by atoms with Crippen LogP contribution in [-0.2, 0) is 16.0 Å². The summed E-state index contributed by atoms with van der Waals surface area (Å²) in [5.41, 5.74) is 1.25. The molecule has 6 nitrogen and oxygen atoms in total. The maximum Gasteiger partial charge on any atom is 0.348 e. The van der Waals surface area contributed by atoms with E-state index in [0.29, 0.717) is 37.6 Å². The molecule has 0 aliphatic heterocycles. The van der Waals surface area contributed by atoms with Crippen molar-refractivity contribution >= 4 is 52.4 Å². The van der Waals surface area contributed by atoms with E-state index in [1.165, 1.54) is 6.08 Å². The quantitative estimate of drug-likeness (QED) is 0.212. The predicted octanol–water partition coefficient (Wildman–Crippen LogP) is 6.39. The summed E-state index contributed by atoms with van der Waals surface area (Å²) in [5, 5.41) is 19.8. The Morgan fingerprint density at radius 3 is 2.58 bits per heavy atom. The third kappa shape index (κ3) is 5.35. The van der Waals surface area contributed by atoms with Crippen molar-refractivity contribution < 1.29 is 18.7 Å². The maximum absolute atomic E-state index is 12.8. The molecule has 3 aromatic rings. The molecule has 0 saturated carbocycles. The van der Waals surface area contributed by atoms with Crippen molar-refractivity contribution in [3.05, 3.63) is 72.6 Å². The summed E-state index contributed by atoms with van der Waals surface area (Å²) in [6.07, 6.45) is 1.13. The molecule has 2 aromatic heterocycles. The number of Topliss-reactive ketones (excluding diaryl/α,β-unsaturated/α-hetero) is 1. The Morgan fingerprint density at radius 1 is 1.18 bits per heavy atom. The lowest BCUT2D eigenvalue weighted by molar-refractivity contribution is -0.114. The average Bonchev–Trinajstić information content (AvgIpc) is 3.38. The number of nitriles is 2. The summed E-state index contributed by atoms with van der Waals surface area (Å²) in [5.74, 6) is -0.254. The Hall–Kier alpha value is -3.36. The van der Waals surface area contributed by atoms with Crippen molar-refractivity contribution in [3.63, 3.8) is 0 Å². The highest BCUT2D eigenvalue weighted by atomic mass is 35.5. The molecule has 0 aliphatic carbocycles. The number of ketones is 1. The number of allylic oxidation sites excluding steroid dienone is 1. The van der Waals surface area contributed by atoms with Gasteiger partial charge in [0.1, 0.15) is 28.5 Å². The number of carbonyl (C=O) groups is 2. The predicted molar refractivity (Wildman–Crippen MR) is 126 cm³/mol. The van der Waals surface area contributed by atoms with Gasteiger partial charge in [0, 0.05) is 22.9 Å². The average molecular weight is 499 g/mol. The number of thiophene rings is 1. The van der Waals surface area contributed by atoms with E-state index in [9.17, 15) is 20.1 Å². The summed E-state index contributed by atoms with van der Waals surface area (Å²) in [7, 11) is 0. The van der Waals surface area contributed by atoms with Crippen LogP contribution in [0.2, 0.25) is 10.0 Å². The standard InChI is InChI=1S/C24H16Cl2N2O4S/c1-3-31-24(30)23-13(2)17(12-28)22(33-23)10-20(29)15(11-27)8-16-5-7-21(32-16)14-4-6-18(25)19(26)9-14/h4-9H,3,10H2,1-2H3/b15-8+. The van der Waals surface area contributed by atoms with Crippen LogP contribution in [-0.4, -0.2) is 18.4 Å². The van der Waals surface area contributed by atoms with Gasteiger partial charge in [-0.2, -0.15) is 10.5 Å². The van der Waals surface area contributed by atoms with E-state index in [0.717, 1.165) is 11.3 Å². The van der Waals surface area contributed by atoms with Gasteiger partial charge in [-0.15, -0.1) is 11.3 Å². The molecule has 0 N–H and O–H groups in total. The van der Waals surface area contributed by atoms with Gasteiger partial charge in [-0.1, -0.05) is 23.2 Å². The number of esters is 1. The van der Waals surface area contributed by atoms with Crippen LogP contribution in [0.25, 0.3) is 17.4 Å². The largest absolute Gasteiger partial charge is 0.462 e. The van der Waals surface area contributed by atoms with Crippen LogP contribution >= 0.6 is 34.5 Å². The molecule has 0 fully saturated rings. The molecule has 3 rings (SSSR count). The molecule has 1 aromatic carbocycles. The Morgan fingerprint density at radius 2 is 1.94 bits per heavy atom. The summed E-state index contributed by atoms with van der Waals surface area (Å²) < 4.78 is 10.7. The molecule has 0 unspecified atom stereocenters. The highest BCUT2D eigenvalue weighted by Crippen LogP contribution is 2.31. The monoisotopic (exact) mass is 498 g/mol. The van der Waals surface area contributed by atoms with Crippen molar-refractivity contribution in [1.29, 1.82) is 10.5 Å². The van der Waals surface area contributed by atoms with E-state index in [-0.39, 0.29) is 29.0 Å². The molecule has 166 valence electrons. The van der Waals surface area contributed by atoms with Crippen molar-refractivity contribution in [3.8, 4) is 23.5 Å². The van der Waals surface area contributed by atoms with Crippen molar-refractivity contribution in [2.75, 3.05) is 6.61 Å². The highest BCUT2D eigenvalue weighted by molar-refractivity contribution is 7.14. The van der Waals surface area contributed by atoms with E-state index in [2.05, 4.69) is 0 Å². The molecule has 0 spiro atoms. The van der Waals surface area contributed by atoms with Crippen LogP contribution in [0.1, 0.15) is 38.4 Å². The molecule has 0 saturated heterocycles. The number of furan rings is 1. The van der Waals surface area contributed by atoms with E-state index in [1.807, 2.05) is 12.1 Å². The van der Waals surface area contributed by atoms with Gasteiger partial charge in [-0.05, 0) is 49.7 Å². The smallest absolute Gasteiger partial charge is 0.348 e. The molecule has 2 heterocycles. The number of ether oxygens (including phenoxy) is 1. The van der Waals surface area contributed by atoms with Gasteiger partial charge in [-0.3, -0.25) is 4.79 Å². The van der Waals surface area contributed by atoms with Gasteiger partial charge in [0.2, 0.25) is 0 Å². The van der Waals surface area contributed by atoms with Crippen molar-refractivity contribution in [2.24, 2.45) is 0 Å². The lowest BCUT2D eigenvalue weighted by Gasteiger charge is -2.00. The molecular weight excluding hydrogens is 483 g/mol. The number of halogens is 2. The number of hydrogen-bond acceptors (Lipinski definition) is 7. The minimum atomic E-state index is -0.545. The van der Waals surface area contributed by atoms with Crippen LogP contribution in [0.15, 0.2) is 40.3 Å². The fraction of sp³-hybridized carbons (Fsp3) is 0.167. The second-order valence-electron chi connectivity index (χ2n) is 6.79. The Kier molecular flexibility index (Phi) is 7.73. The van der Waals surface area contributed by atoms with E-state index < -0.39 is 11.8 Å². The molecule has 0 amide bonds. The number of hydrogen-bond donors (Lipinski definition) is 0. The van der Waals surface area contributed by atoms with Crippen LogP contribution < -0.4 is 0 Å².